The van der Waals surface area contributed by atoms with Crippen molar-refractivity contribution in [2.45, 2.75) is 0 Å². The van der Waals surface area contributed by atoms with Gasteiger partial charge >= 0.3 is 0 Å². The smallest absolute Gasteiger partial charge is 0.198 e. The lowest BCUT2D eigenvalue weighted by molar-refractivity contribution is 1.02. The lowest BCUT2D eigenvalue weighted by atomic mass is 10.4. The number of aromatic nitrogens is 4. The van der Waals surface area contributed by atoms with E-state index in [1.807, 2.05) is 6.07 Å². The van der Waals surface area contributed by atoms with Crippen molar-refractivity contribution in [2.24, 2.45) is 0 Å². The maximum Gasteiger partial charge on any atom is 0.198 e. The molecule has 0 saturated heterocycles. The van der Waals surface area contributed by atoms with Gasteiger partial charge in [0.2, 0.25) is 0 Å². The quantitative estimate of drug-likeness (QED) is 0.705. The Kier molecular flexibility index (Phi) is 1.92. The fourth-order valence-corrected chi connectivity index (χ4v) is 1.45. The Balaban J connectivity index is 2.51. The first-order chi connectivity index (χ1) is 5.86. The van der Waals surface area contributed by atoms with Gasteiger partial charge in [-0.2, -0.15) is 5.10 Å². The summed E-state index contributed by atoms with van der Waals surface area (Å²) < 4.78 is 3.52. The number of nitrogens with one attached hydrogen (secondary N) is 1. The first-order valence-electron chi connectivity index (χ1n) is 3.20. The molecule has 0 bridgehead atoms. The van der Waals surface area contributed by atoms with Crippen LogP contribution in [-0.4, -0.2) is 19.6 Å². The zero-order chi connectivity index (χ0) is 8.39. The zero-order valence-electron chi connectivity index (χ0n) is 5.89. The fraction of sp³-hybridized carbons (Fsp3) is 0. The molecule has 1 N–H and O–H groups in total. The van der Waals surface area contributed by atoms with E-state index < -0.39 is 0 Å². The summed E-state index contributed by atoms with van der Waals surface area (Å²) in [6.07, 6.45) is 1.62. The highest BCUT2D eigenvalue weighted by Crippen LogP contribution is 2.11. The number of rotatable bonds is 1. The summed E-state index contributed by atoms with van der Waals surface area (Å²) in [6, 6.07) is 3.63. The number of nitrogens with zero attached hydrogens (tertiary/aromatic N) is 3. The van der Waals surface area contributed by atoms with Gasteiger partial charge in [-0.15, -0.1) is 5.10 Å². The number of hydrogen-bond donors (Lipinski definition) is 1. The van der Waals surface area contributed by atoms with E-state index in [4.69, 9.17) is 12.2 Å². The monoisotopic (exact) mass is 196 g/mol. The molecule has 0 saturated carbocycles. The van der Waals surface area contributed by atoms with Crippen molar-refractivity contribution in [1.82, 2.24) is 19.6 Å². The largest absolute Gasteiger partial charge is 0.291 e. The molecule has 4 nitrogen and oxygen atoms in total. The molecule has 6 heteroatoms. The second-order valence-corrected chi connectivity index (χ2v) is 3.48. The Hall–Kier alpha value is -1.14. The molecule has 0 fully saturated rings. The maximum absolute atomic E-state index is 4.86. The molecule has 0 atom stereocenters. The lowest BCUT2D eigenvalue weighted by Crippen LogP contribution is -1.86. The molecule has 60 valence electrons. The molecule has 0 aromatic carbocycles. The zero-order valence-corrected chi connectivity index (χ0v) is 7.52. The third kappa shape index (κ3) is 1.39. The van der Waals surface area contributed by atoms with Crippen LogP contribution in [0.15, 0.2) is 18.3 Å². The number of H-pyrrole nitrogens is 1. The van der Waals surface area contributed by atoms with Crippen LogP contribution in [0.2, 0.25) is 0 Å². The Morgan fingerprint density at radius 2 is 2.42 bits per heavy atom. The Morgan fingerprint density at radius 3 is 3.00 bits per heavy atom. The van der Waals surface area contributed by atoms with Crippen molar-refractivity contribution < 1.29 is 0 Å². The van der Waals surface area contributed by atoms with Crippen LogP contribution in [0.4, 0.5) is 0 Å². The van der Waals surface area contributed by atoms with Gasteiger partial charge in [-0.3, -0.25) is 4.37 Å². The van der Waals surface area contributed by atoms with Crippen molar-refractivity contribution in [1.29, 1.82) is 0 Å². The summed E-state index contributed by atoms with van der Waals surface area (Å²) in [5.74, 6) is 0.679. The summed E-state index contributed by atoms with van der Waals surface area (Å²) in [6.45, 7) is 0. The predicted molar refractivity (Wildman–Crippen MR) is 48.3 cm³/mol. The average Bonchev–Trinajstić information content (AvgIpc) is 2.54. The summed E-state index contributed by atoms with van der Waals surface area (Å²) >= 11 is 6.17. The minimum absolute atomic E-state index is 0.579. The Morgan fingerprint density at radius 1 is 1.50 bits per heavy atom. The molecule has 0 aliphatic rings. The maximum atomic E-state index is 4.86. The minimum Gasteiger partial charge on any atom is -0.291 e. The molecular weight excluding hydrogens is 192 g/mol. The lowest BCUT2D eigenvalue weighted by Gasteiger charge is -1.89. The van der Waals surface area contributed by atoms with Crippen LogP contribution in [0.25, 0.3) is 11.5 Å². The standard InChI is InChI=1S/C6H4N4S2/c11-6-8-5(10-12-6)4-2-1-3-7-9-4/h1-3H,(H,8,10,11). The van der Waals surface area contributed by atoms with E-state index in [0.29, 0.717) is 15.5 Å². The topological polar surface area (TPSA) is 54.5 Å². The molecule has 0 unspecified atom stereocenters. The molecule has 0 aliphatic heterocycles. The van der Waals surface area contributed by atoms with Gasteiger partial charge in [-0.25, -0.2) is 4.98 Å². The summed E-state index contributed by atoms with van der Waals surface area (Å²) in [5.41, 5.74) is 0.713. The van der Waals surface area contributed by atoms with Gasteiger partial charge in [0.25, 0.3) is 0 Å². The summed E-state index contributed by atoms with van der Waals surface area (Å²) in [5, 5.41) is 7.61. The SMILES string of the molecule is S=c1nc(-c2cccnn2)[nH]s1. The van der Waals surface area contributed by atoms with Crippen LogP contribution in [0.3, 0.4) is 0 Å². The number of aromatic amines is 1. The molecule has 12 heavy (non-hydrogen) atoms. The van der Waals surface area contributed by atoms with Crippen molar-refractivity contribution in [3.05, 3.63) is 22.3 Å². The van der Waals surface area contributed by atoms with Gasteiger partial charge in [0, 0.05) is 6.20 Å². The summed E-state index contributed by atoms with van der Waals surface area (Å²) in [7, 11) is 0. The van der Waals surface area contributed by atoms with E-state index in [1.54, 1.807) is 12.3 Å². The fourth-order valence-electron chi connectivity index (χ4n) is 0.766. The van der Waals surface area contributed by atoms with E-state index in [2.05, 4.69) is 19.6 Å². The molecule has 2 aromatic rings. The molecule has 0 spiro atoms. The van der Waals surface area contributed by atoms with Gasteiger partial charge in [-0.05, 0) is 35.9 Å². The molecule has 2 aromatic heterocycles. The second-order valence-electron chi connectivity index (χ2n) is 2.04. The van der Waals surface area contributed by atoms with E-state index in [0.717, 1.165) is 0 Å². The molecule has 0 amide bonds. The third-order valence-corrected chi connectivity index (χ3v) is 2.16. The molecule has 0 aliphatic carbocycles. The Bertz CT molecular complexity index is 418. The van der Waals surface area contributed by atoms with Crippen molar-refractivity contribution in [2.75, 3.05) is 0 Å². The van der Waals surface area contributed by atoms with Crippen LogP contribution >= 0.6 is 23.8 Å². The van der Waals surface area contributed by atoms with Gasteiger partial charge in [-0.1, -0.05) is 0 Å². The van der Waals surface area contributed by atoms with Crippen LogP contribution in [0, 0.1) is 3.95 Å². The first-order valence-corrected chi connectivity index (χ1v) is 4.42. The second kappa shape index (κ2) is 3.08. The normalized spacial score (nSPS) is 10.0. The number of hydrogen-bond acceptors (Lipinski definition) is 5. The van der Waals surface area contributed by atoms with Crippen LogP contribution in [0.1, 0.15) is 0 Å². The molecule has 2 heterocycles. The van der Waals surface area contributed by atoms with Gasteiger partial charge in [0.1, 0.15) is 5.69 Å². The van der Waals surface area contributed by atoms with Crippen LogP contribution in [-0.2, 0) is 0 Å². The first kappa shape index (κ1) is 7.51. The van der Waals surface area contributed by atoms with Gasteiger partial charge in [0.15, 0.2) is 9.78 Å². The third-order valence-electron chi connectivity index (χ3n) is 1.25. The van der Waals surface area contributed by atoms with Gasteiger partial charge < -0.3 is 0 Å². The predicted octanol–water partition coefficient (Wildman–Crippen LogP) is 1.66. The highest BCUT2D eigenvalue weighted by Gasteiger charge is 2.00. The molecule has 2 rings (SSSR count). The van der Waals surface area contributed by atoms with Crippen molar-refractivity contribution >= 4 is 23.8 Å². The van der Waals surface area contributed by atoms with E-state index >= 15 is 0 Å². The molecular formula is C6H4N4S2. The van der Waals surface area contributed by atoms with E-state index in [9.17, 15) is 0 Å². The van der Waals surface area contributed by atoms with Crippen molar-refractivity contribution in [3.8, 4) is 11.5 Å². The molecule has 0 radical (unpaired) electrons. The van der Waals surface area contributed by atoms with Crippen molar-refractivity contribution in [3.63, 3.8) is 0 Å². The van der Waals surface area contributed by atoms with Crippen LogP contribution in [0.5, 0.6) is 0 Å². The van der Waals surface area contributed by atoms with Crippen LogP contribution < -0.4 is 0 Å². The average molecular weight is 196 g/mol. The highest BCUT2D eigenvalue weighted by atomic mass is 32.2. The van der Waals surface area contributed by atoms with E-state index in [-0.39, 0.29) is 0 Å². The van der Waals surface area contributed by atoms with Gasteiger partial charge in [0.05, 0.1) is 0 Å². The minimum atomic E-state index is 0.579. The van der Waals surface area contributed by atoms with E-state index in [1.165, 1.54) is 11.5 Å². The highest BCUT2D eigenvalue weighted by molar-refractivity contribution is 7.73. The Labute approximate surface area is 77.5 Å². The summed E-state index contributed by atoms with van der Waals surface area (Å²) in [4.78, 5) is 4.06.